The number of nitrogens with zero attached hydrogens (tertiary/aromatic N) is 4. The number of hydrogen-bond donors (Lipinski definition) is 0. The molecule has 3 amide bonds. The van der Waals surface area contributed by atoms with Crippen LogP contribution in [-0.4, -0.2) is 105 Å². The number of hydrogen-bond acceptors (Lipinski definition) is 8. The lowest BCUT2D eigenvalue weighted by molar-refractivity contribution is 0.0139. The fourth-order valence-corrected chi connectivity index (χ4v) is 6.09. The average Bonchev–Trinajstić information content (AvgIpc) is 2.96. The van der Waals surface area contributed by atoms with Crippen LogP contribution in [0.1, 0.15) is 42.3 Å². The second kappa shape index (κ2) is 13.3. The maximum Gasteiger partial charge on any atom is 0.410 e. The lowest BCUT2D eigenvalue weighted by Gasteiger charge is -2.35. The summed E-state index contributed by atoms with van der Waals surface area (Å²) in [5.41, 5.74) is 1.22. The molecule has 0 N–H and O–H groups in total. The van der Waals surface area contributed by atoms with E-state index in [-0.39, 0.29) is 48.4 Å². The van der Waals surface area contributed by atoms with Crippen LogP contribution in [0.25, 0.3) is 0 Å². The topological polar surface area (TPSA) is 117 Å². The maximum atomic E-state index is 15.0. The fourth-order valence-electron chi connectivity index (χ4n) is 4.89. The van der Waals surface area contributed by atoms with E-state index >= 15 is 4.39 Å². The Labute approximate surface area is 252 Å². The summed E-state index contributed by atoms with van der Waals surface area (Å²) in [6.07, 6.45) is -0.316. The van der Waals surface area contributed by atoms with Crippen molar-refractivity contribution in [1.29, 1.82) is 0 Å². The molecule has 0 unspecified atom stereocenters. The van der Waals surface area contributed by atoms with Crippen molar-refractivity contribution in [3.63, 3.8) is 0 Å². The molecule has 43 heavy (non-hydrogen) atoms. The van der Waals surface area contributed by atoms with E-state index in [2.05, 4.69) is 9.64 Å². The highest BCUT2D eigenvalue weighted by atomic mass is 32.2. The molecule has 2 heterocycles. The minimum atomic E-state index is -3.21. The van der Waals surface area contributed by atoms with Gasteiger partial charge in [0.2, 0.25) is 0 Å². The number of urea groups is 1. The number of rotatable bonds is 6. The van der Waals surface area contributed by atoms with Crippen LogP contribution in [0.2, 0.25) is 0 Å². The summed E-state index contributed by atoms with van der Waals surface area (Å²) in [6.45, 7) is 8.63. The number of carbonyl (C=O) groups is 3. The highest BCUT2D eigenvalue weighted by molar-refractivity contribution is 7.91. The van der Waals surface area contributed by atoms with Gasteiger partial charge in [-0.3, -0.25) is 9.80 Å². The second-order valence-electron chi connectivity index (χ2n) is 11.7. The number of esters is 1. The number of methoxy groups -OCH3 is 1. The van der Waals surface area contributed by atoms with E-state index in [1.54, 1.807) is 17.0 Å². The minimum absolute atomic E-state index is 0.0504. The van der Waals surface area contributed by atoms with Crippen molar-refractivity contribution < 1.29 is 36.7 Å². The molecule has 2 saturated heterocycles. The Balaban J connectivity index is 1.47. The van der Waals surface area contributed by atoms with E-state index in [1.807, 2.05) is 32.9 Å². The molecular weight excluding hydrogens is 579 g/mol. The maximum absolute atomic E-state index is 15.0. The fraction of sp³-hybridized carbons (Fsp3) is 0.500. The molecule has 0 bridgehead atoms. The molecule has 2 aromatic rings. The number of sulfone groups is 1. The summed E-state index contributed by atoms with van der Waals surface area (Å²) in [5.74, 6) is -1.59. The largest absolute Gasteiger partial charge is 0.465 e. The predicted molar refractivity (Wildman–Crippen MR) is 159 cm³/mol. The number of ether oxygens (including phenoxy) is 2. The van der Waals surface area contributed by atoms with Gasteiger partial charge < -0.3 is 19.3 Å². The first-order valence-electron chi connectivity index (χ1n) is 14.2. The summed E-state index contributed by atoms with van der Waals surface area (Å²) in [6, 6.07) is 10.9. The zero-order chi connectivity index (χ0) is 31.4. The zero-order valence-corrected chi connectivity index (χ0v) is 25.9. The summed E-state index contributed by atoms with van der Waals surface area (Å²) in [7, 11) is -2.00. The first kappa shape index (κ1) is 32.2. The normalized spacial score (nSPS) is 17.3. The third-order valence-corrected chi connectivity index (χ3v) is 8.94. The van der Waals surface area contributed by atoms with E-state index in [1.165, 1.54) is 29.0 Å². The van der Waals surface area contributed by atoms with Gasteiger partial charge in [-0.15, -0.1) is 0 Å². The van der Waals surface area contributed by atoms with Crippen LogP contribution in [0.15, 0.2) is 42.5 Å². The molecule has 2 fully saturated rings. The number of benzene rings is 2. The second-order valence-corrected chi connectivity index (χ2v) is 14.0. The smallest absolute Gasteiger partial charge is 0.410 e. The van der Waals surface area contributed by atoms with Crippen LogP contribution in [-0.2, 0) is 32.4 Å². The Morgan fingerprint density at radius 1 is 0.907 bits per heavy atom. The molecule has 0 aromatic heterocycles. The molecule has 0 saturated carbocycles. The molecule has 0 aliphatic carbocycles. The Morgan fingerprint density at radius 3 is 2.09 bits per heavy atom. The predicted octanol–water partition coefficient (Wildman–Crippen LogP) is 3.52. The standard InChI is InChI=1S/C30H39FN4O7S/c1-30(2,3)42-29(38)34-13-11-32(12-14-34)20-22-5-9-25(10-6-22)35(28(37)33-15-17-43(39,40)18-16-33)21-24-8-7-23(19-26(24)31)27(36)41-4/h5-10,19H,11-18,20-21H2,1-4H3. The number of piperazine rings is 1. The highest BCUT2D eigenvalue weighted by Gasteiger charge is 2.30. The van der Waals surface area contributed by atoms with Gasteiger partial charge in [-0.1, -0.05) is 18.2 Å². The summed E-state index contributed by atoms with van der Waals surface area (Å²) >= 11 is 0. The van der Waals surface area contributed by atoms with E-state index in [4.69, 9.17) is 4.74 Å². The third-order valence-electron chi connectivity index (χ3n) is 7.33. The Bertz CT molecular complexity index is 1420. The van der Waals surface area contributed by atoms with Gasteiger partial charge in [-0.2, -0.15) is 0 Å². The van der Waals surface area contributed by atoms with Gasteiger partial charge in [-0.05, 0) is 50.6 Å². The zero-order valence-electron chi connectivity index (χ0n) is 25.0. The van der Waals surface area contributed by atoms with Crippen molar-refractivity contribution in [2.45, 2.75) is 39.5 Å². The van der Waals surface area contributed by atoms with Crippen molar-refractivity contribution in [2.24, 2.45) is 0 Å². The van der Waals surface area contributed by atoms with Gasteiger partial charge in [0.05, 0.1) is 30.7 Å². The third kappa shape index (κ3) is 8.66. The molecule has 13 heteroatoms. The van der Waals surface area contributed by atoms with Crippen LogP contribution in [0.5, 0.6) is 0 Å². The van der Waals surface area contributed by atoms with Gasteiger partial charge >= 0.3 is 18.1 Å². The van der Waals surface area contributed by atoms with Gasteiger partial charge in [-0.25, -0.2) is 27.2 Å². The van der Waals surface area contributed by atoms with E-state index in [0.717, 1.165) is 11.6 Å². The molecule has 234 valence electrons. The number of amides is 3. The Kier molecular flexibility index (Phi) is 9.96. The van der Waals surface area contributed by atoms with Crippen molar-refractivity contribution in [3.8, 4) is 0 Å². The molecule has 0 spiro atoms. The van der Waals surface area contributed by atoms with Gasteiger partial charge in [0, 0.05) is 57.1 Å². The summed E-state index contributed by atoms with van der Waals surface area (Å²) in [5, 5.41) is 0. The van der Waals surface area contributed by atoms with Gasteiger partial charge in [0.25, 0.3) is 0 Å². The van der Waals surface area contributed by atoms with E-state index < -0.39 is 33.3 Å². The Hall–Kier alpha value is -3.71. The number of anilines is 1. The summed E-state index contributed by atoms with van der Waals surface area (Å²) < 4.78 is 49.1. The average molecular weight is 619 g/mol. The summed E-state index contributed by atoms with van der Waals surface area (Å²) in [4.78, 5) is 44.6. The first-order chi connectivity index (χ1) is 20.2. The van der Waals surface area contributed by atoms with Crippen LogP contribution in [0.3, 0.4) is 0 Å². The molecule has 2 aromatic carbocycles. The van der Waals surface area contributed by atoms with Crippen LogP contribution < -0.4 is 4.90 Å². The molecule has 4 rings (SSSR count). The van der Waals surface area contributed by atoms with Crippen molar-refractivity contribution in [2.75, 3.05) is 62.8 Å². The number of carbonyl (C=O) groups excluding carboxylic acids is 3. The SMILES string of the molecule is COC(=O)c1ccc(CN(C(=O)N2CCS(=O)(=O)CC2)c2ccc(CN3CCN(C(=O)OC(C)(C)C)CC3)cc2)c(F)c1. The monoisotopic (exact) mass is 618 g/mol. The Morgan fingerprint density at radius 2 is 1.53 bits per heavy atom. The van der Waals surface area contributed by atoms with E-state index in [9.17, 15) is 22.8 Å². The van der Waals surface area contributed by atoms with Crippen molar-refractivity contribution in [1.82, 2.24) is 14.7 Å². The lowest BCUT2D eigenvalue weighted by atomic mass is 10.1. The molecule has 0 atom stereocenters. The van der Waals surface area contributed by atoms with Crippen molar-refractivity contribution in [3.05, 3.63) is 65.0 Å². The number of halogens is 1. The highest BCUT2D eigenvalue weighted by Crippen LogP contribution is 2.24. The quantitative estimate of drug-likeness (QED) is 0.452. The molecule has 0 radical (unpaired) electrons. The van der Waals surface area contributed by atoms with E-state index in [0.29, 0.717) is 38.4 Å². The molecule has 2 aliphatic rings. The van der Waals surface area contributed by atoms with Crippen LogP contribution in [0, 0.1) is 5.82 Å². The van der Waals surface area contributed by atoms with Crippen LogP contribution in [0.4, 0.5) is 19.7 Å². The lowest BCUT2D eigenvalue weighted by Crippen LogP contribution is -2.50. The molecule has 2 aliphatic heterocycles. The van der Waals surface area contributed by atoms with Gasteiger partial charge in [0.1, 0.15) is 11.4 Å². The van der Waals surface area contributed by atoms with Crippen LogP contribution >= 0.6 is 0 Å². The minimum Gasteiger partial charge on any atom is -0.465 e. The first-order valence-corrected chi connectivity index (χ1v) is 16.0. The van der Waals surface area contributed by atoms with Crippen molar-refractivity contribution >= 4 is 33.6 Å². The molecule has 11 nitrogen and oxygen atoms in total. The van der Waals surface area contributed by atoms with Gasteiger partial charge in [0.15, 0.2) is 9.84 Å². The molecular formula is C30H39FN4O7S.